The Bertz CT molecular complexity index is 650. The van der Waals surface area contributed by atoms with Crippen LogP contribution in [0.5, 0.6) is 17.2 Å². The van der Waals surface area contributed by atoms with Crippen LogP contribution < -0.4 is 14.2 Å². The van der Waals surface area contributed by atoms with Crippen LogP contribution in [-0.4, -0.2) is 19.7 Å². The molecule has 0 aliphatic rings. The maximum Gasteiger partial charge on any atom is 0.347 e. The van der Waals surface area contributed by atoms with E-state index in [2.05, 4.69) is 6.92 Å². The molecule has 0 atom stereocenters. The Morgan fingerprint density at radius 2 is 1.74 bits per heavy atom. The Morgan fingerprint density at radius 1 is 1.04 bits per heavy atom. The van der Waals surface area contributed by atoms with E-state index >= 15 is 0 Å². The number of methoxy groups -OCH3 is 1. The van der Waals surface area contributed by atoms with Crippen LogP contribution in [0.25, 0.3) is 0 Å². The van der Waals surface area contributed by atoms with Crippen molar-refractivity contribution >= 4 is 5.97 Å². The molecule has 0 aliphatic carbocycles. The van der Waals surface area contributed by atoms with Crippen LogP contribution in [0.1, 0.15) is 35.7 Å². The fraction of sp³-hybridized carbons (Fsp3) is 0.316. The fourth-order valence-corrected chi connectivity index (χ4v) is 2.24. The van der Waals surface area contributed by atoms with Gasteiger partial charge in [0.25, 0.3) is 0 Å². The zero-order valence-corrected chi connectivity index (χ0v) is 13.8. The summed E-state index contributed by atoms with van der Waals surface area (Å²) in [7, 11) is 1.58. The molecule has 23 heavy (non-hydrogen) atoms. The lowest BCUT2D eigenvalue weighted by Gasteiger charge is -2.15. The number of carbonyl (C=O) groups is 1. The molecular weight excluding hydrogens is 292 g/mol. The van der Waals surface area contributed by atoms with Gasteiger partial charge in [-0.2, -0.15) is 0 Å². The van der Waals surface area contributed by atoms with Crippen molar-refractivity contribution in [1.29, 1.82) is 0 Å². The van der Waals surface area contributed by atoms with Gasteiger partial charge in [-0.1, -0.05) is 31.5 Å². The highest BCUT2D eigenvalue weighted by Crippen LogP contribution is 2.31. The lowest BCUT2D eigenvalue weighted by molar-refractivity contribution is 0.0729. The molecule has 4 heteroatoms. The lowest BCUT2D eigenvalue weighted by Crippen LogP contribution is -2.13. The molecule has 0 radical (unpaired) electrons. The van der Waals surface area contributed by atoms with E-state index < -0.39 is 5.97 Å². The second-order valence-electron chi connectivity index (χ2n) is 5.17. The van der Waals surface area contributed by atoms with Crippen LogP contribution in [0.4, 0.5) is 0 Å². The maximum absolute atomic E-state index is 12.6. The van der Waals surface area contributed by atoms with E-state index in [-0.39, 0.29) is 0 Å². The summed E-state index contributed by atoms with van der Waals surface area (Å²) in [6.07, 6.45) is 1.96. The minimum Gasteiger partial charge on any atom is -0.496 e. The van der Waals surface area contributed by atoms with Gasteiger partial charge in [0.1, 0.15) is 22.8 Å². The summed E-state index contributed by atoms with van der Waals surface area (Å²) in [6, 6.07) is 12.5. The maximum atomic E-state index is 12.6. The highest BCUT2D eigenvalue weighted by atomic mass is 16.5. The molecular formula is C19H22O4. The Balaban J connectivity index is 2.30. The first kappa shape index (κ1) is 16.9. The minimum absolute atomic E-state index is 0.407. The minimum atomic E-state index is -0.445. The smallest absolute Gasteiger partial charge is 0.347 e. The second kappa shape index (κ2) is 8.22. The number of benzene rings is 2. The average Bonchev–Trinajstić information content (AvgIpc) is 2.56. The molecule has 0 saturated carbocycles. The Hall–Kier alpha value is -2.49. The van der Waals surface area contributed by atoms with E-state index in [1.54, 1.807) is 31.4 Å². The van der Waals surface area contributed by atoms with Crippen molar-refractivity contribution in [1.82, 2.24) is 0 Å². The van der Waals surface area contributed by atoms with Gasteiger partial charge in [-0.15, -0.1) is 0 Å². The number of unbranched alkanes of at least 4 members (excludes halogenated alkanes) is 1. The molecule has 0 fully saturated rings. The van der Waals surface area contributed by atoms with Gasteiger partial charge in [0.05, 0.1) is 13.7 Å². The van der Waals surface area contributed by atoms with E-state index in [9.17, 15) is 4.79 Å². The van der Waals surface area contributed by atoms with E-state index in [0.717, 1.165) is 12.8 Å². The highest BCUT2D eigenvalue weighted by Gasteiger charge is 2.21. The molecule has 2 rings (SSSR count). The third-order valence-electron chi connectivity index (χ3n) is 3.51. The van der Waals surface area contributed by atoms with Crippen LogP contribution in [0.3, 0.4) is 0 Å². The number of hydrogen-bond acceptors (Lipinski definition) is 4. The number of esters is 1. The third kappa shape index (κ3) is 4.25. The van der Waals surface area contributed by atoms with Crippen LogP contribution in [-0.2, 0) is 0 Å². The summed E-state index contributed by atoms with van der Waals surface area (Å²) in [5, 5.41) is 0. The van der Waals surface area contributed by atoms with Gasteiger partial charge in [-0.25, -0.2) is 4.79 Å². The van der Waals surface area contributed by atoms with E-state index in [1.165, 1.54) is 0 Å². The molecule has 0 aromatic heterocycles. The van der Waals surface area contributed by atoms with Gasteiger partial charge >= 0.3 is 5.97 Å². The summed E-state index contributed by atoms with van der Waals surface area (Å²) in [5.41, 5.74) is 1.12. The van der Waals surface area contributed by atoms with Crippen molar-refractivity contribution in [2.75, 3.05) is 13.7 Å². The highest BCUT2D eigenvalue weighted by molar-refractivity contribution is 5.96. The van der Waals surface area contributed by atoms with Gasteiger partial charge < -0.3 is 14.2 Å². The standard InChI is InChI=1S/C19H22O4/c1-4-5-13-22-17-12-11-16(21-3)14(2)18(17)19(20)23-15-9-7-6-8-10-15/h6-12H,4-5,13H2,1-3H3. The molecule has 2 aromatic rings. The summed E-state index contributed by atoms with van der Waals surface area (Å²) in [5.74, 6) is 1.21. The first-order valence-electron chi connectivity index (χ1n) is 7.75. The van der Waals surface area contributed by atoms with Crippen LogP contribution in [0.15, 0.2) is 42.5 Å². The summed E-state index contributed by atoms with van der Waals surface area (Å²) in [4.78, 5) is 12.6. The quantitative estimate of drug-likeness (QED) is 0.431. The SMILES string of the molecule is CCCCOc1ccc(OC)c(C)c1C(=O)Oc1ccccc1. The van der Waals surface area contributed by atoms with Gasteiger partial charge in [0, 0.05) is 5.56 Å². The topological polar surface area (TPSA) is 44.8 Å². The molecule has 0 spiro atoms. The van der Waals surface area contributed by atoms with E-state index in [4.69, 9.17) is 14.2 Å². The predicted octanol–water partition coefficient (Wildman–Crippen LogP) is 4.40. The number of hydrogen-bond donors (Lipinski definition) is 0. The number of para-hydroxylation sites is 1. The van der Waals surface area contributed by atoms with Gasteiger partial charge in [0.15, 0.2) is 0 Å². The first-order valence-corrected chi connectivity index (χ1v) is 7.75. The Kier molecular flexibility index (Phi) is 6.03. The van der Waals surface area contributed by atoms with Gasteiger partial charge in [-0.05, 0) is 37.6 Å². The van der Waals surface area contributed by atoms with Gasteiger partial charge in [-0.3, -0.25) is 0 Å². The molecule has 0 aliphatic heterocycles. The molecule has 122 valence electrons. The summed E-state index contributed by atoms with van der Waals surface area (Å²) in [6.45, 7) is 4.48. The second-order valence-corrected chi connectivity index (χ2v) is 5.17. The van der Waals surface area contributed by atoms with E-state index in [0.29, 0.717) is 35.0 Å². The summed E-state index contributed by atoms with van der Waals surface area (Å²) >= 11 is 0. The zero-order valence-electron chi connectivity index (χ0n) is 13.8. The number of ether oxygens (including phenoxy) is 3. The molecule has 0 saturated heterocycles. The molecule has 0 unspecified atom stereocenters. The number of rotatable bonds is 7. The predicted molar refractivity (Wildman–Crippen MR) is 89.5 cm³/mol. The summed E-state index contributed by atoms with van der Waals surface area (Å²) < 4.78 is 16.5. The molecule has 0 bridgehead atoms. The van der Waals surface area contributed by atoms with Crippen LogP contribution in [0.2, 0.25) is 0 Å². The van der Waals surface area contributed by atoms with Crippen molar-refractivity contribution in [2.45, 2.75) is 26.7 Å². The largest absolute Gasteiger partial charge is 0.496 e. The Labute approximate surface area is 137 Å². The van der Waals surface area contributed by atoms with Crippen LogP contribution in [0, 0.1) is 6.92 Å². The van der Waals surface area contributed by atoms with Crippen LogP contribution >= 0.6 is 0 Å². The fourth-order valence-electron chi connectivity index (χ4n) is 2.24. The molecule has 0 amide bonds. The zero-order chi connectivity index (χ0) is 16.7. The molecule has 0 heterocycles. The van der Waals surface area contributed by atoms with E-state index in [1.807, 2.05) is 25.1 Å². The molecule has 4 nitrogen and oxygen atoms in total. The first-order chi connectivity index (χ1) is 11.2. The lowest BCUT2D eigenvalue weighted by atomic mass is 10.1. The van der Waals surface area contributed by atoms with Crippen molar-refractivity contribution in [3.63, 3.8) is 0 Å². The normalized spacial score (nSPS) is 10.2. The van der Waals surface area contributed by atoms with Crippen molar-refractivity contribution in [2.24, 2.45) is 0 Å². The van der Waals surface area contributed by atoms with Crippen molar-refractivity contribution in [3.05, 3.63) is 53.6 Å². The molecule has 2 aromatic carbocycles. The number of carbonyl (C=O) groups excluding carboxylic acids is 1. The Morgan fingerprint density at radius 3 is 2.39 bits per heavy atom. The van der Waals surface area contributed by atoms with Crippen molar-refractivity contribution < 1.29 is 19.0 Å². The average molecular weight is 314 g/mol. The van der Waals surface area contributed by atoms with Crippen molar-refractivity contribution in [3.8, 4) is 17.2 Å². The third-order valence-corrected chi connectivity index (χ3v) is 3.51. The molecule has 0 N–H and O–H groups in total. The monoisotopic (exact) mass is 314 g/mol. The van der Waals surface area contributed by atoms with Gasteiger partial charge in [0.2, 0.25) is 0 Å².